The Bertz CT molecular complexity index is 1100. The van der Waals surface area contributed by atoms with Crippen molar-refractivity contribution in [1.82, 2.24) is 15.5 Å². The second-order valence-corrected chi connectivity index (χ2v) is 8.81. The summed E-state index contributed by atoms with van der Waals surface area (Å²) < 4.78 is 18.9. The van der Waals surface area contributed by atoms with Gasteiger partial charge in [-0.2, -0.15) is 0 Å². The lowest BCUT2D eigenvalue weighted by atomic mass is 10.1. The van der Waals surface area contributed by atoms with Crippen molar-refractivity contribution in [3.05, 3.63) is 89.1 Å². The van der Waals surface area contributed by atoms with E-state index >= 15 is 0 Å². The van der Waals surface area contributed by atoms with Crippen LogP contribution in [0.2, 0.25) is 5.02 Å². The molecule has 0 bridgehead atoms. The largest absolute Gasteiger partial charge is 0.468 e. The van der Waals surface area contributed by atoms with Gasteiger partial charge in [0.05, 0.1) is 12.3 Å². The van der Waals surface area contributed by atoms with Gasteiger partial charge in [-0.25, -0.2) is 4.39 Å². The van der Waals surface area contributed by atoms with E-state index in [1.165, 1.54) is 12.1 Å². The van der Waals surface area contributed by atoms with Crippen LogP contribution in [-0.4, -0.2) is 56.0 Å². The van der Waals surface area contributed by atoms with Crippen molar-refractivity contribution in [2.75, 3.05) is 44.2 Å². The summed E-state index contributed by atoms with van der Waals surface area (Å²) >= 11 is 5.88. The van der Waals surface area contributed by atoms with Gasteiger partial charge in [-0.05, 0) is 60.5 Å². The average Bonchev–Trinajstić information content (AvgIpc) is 3.41. The molecule has 1 aromatic heterocycles. The predicted octanol–water partition coefficient (Wildman–Crippen LogP) is 3.41. The SMILES string of the molecule is O=C(NCCc1ccc(Cl)cc1)C(=O)NCC(c1ccco1)N1CCN(c2ccc(F)cc2)CC1. The molecule has 2 aromatic carbocycles. The van der Waals surface area contributed by atoms with Gasteiger partial charge >= 0.3 is 11.8 Å². The van der Waals surface area contributed by atoms with Crippen LogP contribution in [0.5, 0.6) is 0 Å². The number of rotatable bonds is 8. The zero-order valence-corrected chi connectivity index (χ0v) is 20.0. The molecule has 9 heteroatoms. The zero-order chi connectivity index (χ0) is 24.6. The first-order valence-corrected chi connectivity index (χ1v) is 12.0. The zero-order valence-electron chi connectivity index (χ0n) is 19.3. The van der Waals surface area contributed by atoms with Crippen molar-refractivity contribution in [3.8, 4) is 0 Å². The van der Waals surface area contributed by atoms with E-state index in [0.29, 0.717) is 18.0 Å². The Kier molecular flexibility index (Phi) is 8.39. The number of anilines is 1. The Balaban J connectivity index is 1.27. The summed E-state index contributed by atoms with van der Waals surface area (Å²) in [6.07, 6.45) is 2.20. The molecular weight excluding hydrogens is 471 g/mol. The molecule has 7 nitrogen and oxygen atoms in total. The second kappa shape index (κ2) is 11.9. The summed E-state index contributed by atoms with van der Waals surface area (Å²) in [6, 6.07) is 17.3. The molecule has 1 aliphatic heterocycles. The average molecular weight is 499 g/mol. The summed E-state index contributed by atoms with van der Waals surface area (Å²) in [5.74, 6) is -0.875. The molecule has 1 fully saturated rings. The maximum Gasteiger partial charge on any atom is 0.309 e. The topological polar surface area (TPSA) is 77.8 Å². The van der Waals surface area contributed by atoms with E-state index in [-0.39, 0.29) is 18.4 Å². The highest BCUT2D eigenvalue weighted by Gasteiger charge is 2.28. The number of nitrogens with one attached hydrogen (secondary N) is 2. The third-order valence-electron chi connectivity index (χ3n) is 6.09. The minimum Gasteiger partial charge on any atom is -0.468 e. The van der Waals surface area contributed by atoms with Crippen LogP contribution >= 0.6 is 11.6 Å². The first kappa shape index (κ1) is 24.8. The number of halogens is 2. The normalized spacial score (nSPS) is 15.0. The van der Waals surface area contributed by atoms with Crippen molar-refractivity contribution in [1.29, 1.82) is 0 Å². The maximum absolute atomic E-state index is 13.2. The number of carbonyl (C=O) groups is 2. The Morgan fingerprint density at radius 2 is 1.63 bits per heavy atom. The van der Waals surface area contributed by atoms with Crippen molar-refractivity contribution in [3.63, 3.8) is 0 Å². The lowest BCUT2D eigenvalue weighted by Gasteiger charge is -2.39. The van der Waals surface area contributed by atoms with E-state index in [1.807, 2.05) is 24.3 Å². The van der Waals surface area contributed by atoms with Gasteiger partial charge in [0.25, 0.3) is 0 Å². The number of hydrogen-bond acceptors (Lipinski definition) is 5. The first-order chi connectivity index (χ1) is 17.0. The van der Waals surface area contributed by atoms with E-state index < -0.39 is 11.8 Å². The lowest BCUT2D eigenvalue weighted by Crippen LogP contribution is -2.50. The fraction of sp³-hybridized carbons (Fsp3) is 0.308. The van der Waals surface area contributed by atoms with E-state index in [0.717, 1.165) is 43.2 Å². The van der Waals surface area contributed by atoms with Gasteiger partial charge in [-0.15, -0.1) is 0 Å². The fourth-order valence-electron chi connectivity index (χ4n) is 4.16. The van der Waals surface area contributed by atoms with Crippen LogP contribution < -0.4 is 15.5 Å². The minimum absolute atomic E-state index is 0.203. The monoisotopic (exact) mass is 498 g/mol. The highest BCUT2D eigenvalue weighted by molar-refractivity contribution is 6.35. The Hall–Kier alpha value is -3.36. The molecule has 2 amide bonds. The minimum atomic E-state index is -0.678. The number of carbonyl (C=O) groups excluding carboxylic acids is 2. The van der Waals surface area contributed by atoms with Crippen molar-refractivity contribution in [2.45, 2.75) is 12.5 Å². The molecule has 1 aliphatic rings. The molecule has 4 rings (SSSR count). The highest BCUT2D eigenvalue weighted by Crippen LogP contribution is 2.24. The number of nitrogens with zero attached hydrogens (tertiary/aromatic N) is 2. The molecule has 0 aliphatic carbocycles. The summed E-state index contributed by atoms with van der Waals surface area (Å²) in [6.45, 7) is 3.55. The molecular formula is C26H28ClFN4O3. The van der Waals surface area contributed by atoms with Gasteiger partial charge in [-0.1, -0.05) is 23.7 Å². The number of furan rings is 1. The molecule has 3 aromatic rings. The summed E-state index contributed by atoms with van der Waals surface area (Å²) in [4.78, 5) is 29.1. The maximum atomic E-state index is 13.2. The molecule has 0 radical (unpaired) electrons. The van der Waals surface area contributed by atoms with Crippen molar-refractivity contribution in [2.24, 2.45) is 0 Å². The molecule has 2 heterocycles. The molecule has 2 N–H and O–H groups in total. The van der Waals surface area contributed by atoms with E-state index in [9.17, 15) is 14.0 Å². The van der Waals surface area contributed by atoms with Gasteiger partial charge in [0.1, 0.15) is 11.6 Å². The van der Waals surface area contributed by atoms with Crippen LogP contribution in [0.3, 0.4) is 0 Å². The van der Waals surface area contributed by atoms with Crippen LogP contribution in [0.15, 0.2) is 71.3 Å². The van der Waals surface area contributed by atoms with Gasteiger partial charge in [0.15, 0.2) is 0 Å². The van der Waals surface area contributed by atoms with Gasteiger partial charge < -0.3 is 20.0 Å². The number of hydrogen-bond donors (Lipinski definition) is 2. The van der Waals surface area contributed by atoms with Crippen LogP contribution in [0.1, 0.15) is 17.4 Å². The number of benzene rings is 2. The fourth-order valence-corrected chi connectivity index (χ4v) is 4.28. The summed E-state index contributed by atoms with van der Waals surface area (Å²) in [5.41, 5.74) is 2.00. The van der Waals surface area contributed by atoms with Gasteiger partial charge in [0, 0.05) is 50.0 Å². The summed E-state index contributed by atoms with van der Waals surface area (Å²) in [7, 11) is 0. The smallest absolute Gasteiger partial charge is 0.309 e. The third kappa shape index (κ3) is 6.83. The van der Waals surface area contributed by atoms with Crippen molar-refractivity contribution < 1.29 is 18.4 Å². The van der Waals surface area contributed by atoms with Crippen LogP contribution in [0.25, 0.3) is 0 Å². The second-order valence-electron chi connectivity index (χ2n) is 8.37. The lowest BCUT2D eigenvalue weighted by molar-refractivity contribution is -0.139. The first-order valence-electron chi connectivity index (χ1n) is 11.6. The van der Waals surface area contributed by atoms with E-state index in [2.05, 4.69) is 20.4 Å². The number of piperazine rings is 1. The Labute approximate surface area is 208 Å². The molecule has 0 saturated carbocycles. The molecule has 1 saturated heterocycles. The Morgan fingerprint density at radius 1 is 0.943 bits per heavy atom. The molecule has 35 heavy (non-hydrogen) atoms. The van der Waals surface area contributed by atoms with Crippen molar-refractivity contribution >= 4 is 29.1 Å². The van der Waals surface area contributed by atoms with E-state index in [1.54, 1.807) is 30.5 Å². The highest BCUT2D eigenvalue weighted by atomic mass is 35.5. The van der Waals surface area contributed by atoms with Gasteiger partial charge in [-0.3, -0.25) is 14.5 Å². The quantitative estimate of drug-likeness (QED) is 0.465. The molecule has 184 valence electrons. The van der Waals surface area contributed by atoms with Crippen LogP contribution in [-0.2, 0) is 16.0 Å². The van der Waals surface area contributed by atoms with E-state index in [4.69, 9.17) is 16.0 Å². The molecule has 0 spiro atoms. The predicted molar refractivity (Wildman–Crippen MR) is 133 cm³/mol. The Morgan fingerprint density at radius 3 is 2.29 bits per heavy atom. The third-order valence-corrected chi connectivity index (χ3v) is 6.35. The molecule has 1 unspecified atom stereocenters. The summed E-state index contributed by atoms with van der Waals surface area (Å²) in [5, 5.41) is 6.06. The van der Waals surface area contributed by atoms with Crippen LogP contribution in [0.4, 0.5) is 10.1 Å². The standard InChI is InChI=1S/C26H28ClFN4O3/c27-20-5-3-19(4-6-20)11-12-29-25(33)26(34)30-18-23(24-2-1-17-35-24)32-15-13-31(14-16-32)22-9-7-21(28)8-10-22/h1-10,17,23H,11-16,18H2,(H,29,33)(H,30,34). The number of amides is 2. The molecule has 1 atom stereocenters. The van der Waals surface area contributed by atoms with Crippen LogP contribution in [0, 0.1) is 5.82 Å². The van der Waals surface area contributed by atoms with Gasteiger partial charge in [0.2, 0.25) is 0 Å².